The molecule has 2 aliphatic carbocycles. The van der Waals surface area contributed by atoms with Crippen LogP contribution in [0.4, 0.5) is 30.6 Å². The summed E-state index contributed by atoms with van der Waals surface area (Å²) >= 11 is 0. The van der Waals surface area contributed by atoms with E-state index in [1.165, 1.54) is 10.9 Å². The van der Waals surface area contributed by atoms with Gasteiger partial charge < -0.3 is 16.4 Å². The lowest BCUT2D eigenvalue weighted by Crippen LogP contribution is -2.43. The predicted molar refractivity (Wildman–Crippen MR) is 94.5 cm³/mol. The van der Waals surface area contributed by atoms with Crippen LogP contribution in [-0.2, 0) is 18.0 Å². The molecule has 1 amide bonds. The molecule has 0 unspecified atom stereocenters. The zero-order valence-corrected chi connectivity index (χ0v) is 15.1. The summed E-state index contributed by atoms with van der Waals surface area (Å²) in [5.74, 6) is -1.11. The summed E-state index contributed by atoms with van der Waals surface area (Å²) in [7, 11) is 1.71. The Morgan fingerprint density at radius 3 is 2.68 bits per heavy atom. The Balaban J connectivity index is 1.65. The second-order valence-corrected chi connectivity index (χ2v) is 7.41. The minimum Gasteiger partial charge on any atom is -0.369 e. The topological polar surface area (TPSA) is 111 Å². The Labute approximate surface area is 158 Å². The fourth-order valence-corrected chi connectivity index (χ4v) is 4.44. The Bertz CT molecular complexity index is 897. The monoisotopic (exact) mass is 395 g/mol. The minimum absolute atomic E-state index is 0.00211. The Kier molecular flexibility index (Phi) is 4.39. The van der Waals surface area contributed by atoms with Crippen molar-refractivity contribution < 1.29 is 18.0 Å². The first-order chi connectivity index (χ1) is 13.2. The lowest BCUT2D eigenvalue weighted by atomic mass is 9.84. The second-order valence-electron chi connectivity index (χ2n) is 7.41. The van der Waals surface area contributed by atoms with E-state index in [4.69, 9.17) is 5.73 Å². The molecule has 2 heterocycles. The molecular formula is C17H20F3N7O. The number of anilines is 3. The Hall–Kier alpha value is -2.85. The maximum Gasteiger partial charge on any atom is 0.421 e. The first-order valence-corrected chi connectivity index (χ1v) is 8.98. The molecule has 0 aromatic carbocycles. The van der Waals surface area contributed by atoms with Crippen LogP contribution in [0.3, 0.4) is 0 Å². The quantitative estimate of drug-likeness (QED) is 0.716. The van der Waals surface area contributed by atoms with E-state index in [2.05, 4.69) is 25.7 Å². The van der Waals surface area contributed by atoms with Crippen molar-refractivity contribution in [3.8, 4) is 0 Å². The number of hydrogen-bond acceptors (Lipinski definition) is 6. The molecule has 0 radical (unpaired) electrons. The molecule has 4 rings (SSSR count). The van der Waals surface area contributed by atoms with Crippen molar-refractivity contribution in [2.75, 3.05) is 10.6 Å². The van der Waals surface area contributed by atoms with Crippen molar-refractivity contribution in [1.82, 2.24) is 19.7 Å². The summed E-state index contributed by atoms with van der Waals surface area (Å²) in [6.07, 6.45) is 1.79. The molecule has 0 spiro atoms. The van der Waals surface area contributed by atoms with E-state index in [1.54, 1.807) is 13.2 Å². The molecule has 0 saturated heterocycles. The van der Waals surface area contributed by atoms with Crippen molar-refractivity contribution in [3.05, 3.63) is 24.2 Å². The van der Waals surface area contributed by atoms with E-state index in [0.717, 1.165) is 25.5 Å². The zero-order chi connectivity index (χ0) is 20.1. The fraction of sp³-hybridized carbons (Fsp3) is 0.529. The van der Waals surface area contributed by atoms with E-state index in [1.807, 2.05) is 0 Å². The summed E-state index contributed by atoms with van der Waals surface area (Å²) in [5.41, 5.74) is 5.10. The smallest absolute Gasteiger partial charge is 0.369 e. The highest BCUT2D eigenvalue weighted by Crippen LogP contribution is 2.50. The summed E-state index contributed by atoms with van der Waals surface area (Å²) in [4.78, 5) is 19.7. The summed E-state index contributed by atoms with van der Waals surface area (Å²) in [6.45, 7) is 0. The largest absolute Gasteiger partial charge is 0.421 e. The first kappa shape index (κ1) is 18.5. The number of hydrogen-bond donors (Lipinski definition) is 3. The van der Waals surface area contributed by atoms with Gasteiger partial charge in [0.25, 0.3) is 0 Å². The zero-order valence-electron chi connectivity index (χ0n) is 15.1. The van der Waals surface area contributed by atoms with Crippen molar-refractivity contribution in [2.24, 2.45) is 30.5 Å². The number of fused-ring (bicyclic) bond motifs is 2. The summed E-state index contributed by atoms with van der Waals surface area (Å²) < 4.78 is 42.0. The Morgan fingerprint density at radius 1 is 1.29 bits per heavy atom. The predicted octanol–water partition coefficient (Wildman–Crippen LogP) is 2.28. The molecule has 2 saturated carbocycles. The average molecular weight is 395 g/mol. The van der Waals surface area contributed by atoms with Crippen molar-refractivity contribution in [2.45, 2.75) is 31.5 Å². The van der Waals surface area contributed by atoms with Crippen LogP contribution in [0.15, 0.2) is 18.6 Å². The molecule has 28 heavy (non-hydrogen) atoms. The molecular weight excluding hydrogens is 375 g/mol. The van der Waals surface area contributed by atoms with Gasteiger partial charge in [0.05, 0.1) is 17.8 Å². The maximum atomic E-state index is 13.5. The van der Waals surface area contributed by atoms with Crippen molar-refractivity contribution >= 4 is 23.4 Å². The van der Waals surface area contributed by atoms with Crippen LogP contribution >= 0.6 is 0 Å². The SMILES string of the molecule is Cn1cc(Nc2ncc(C(F)(F)F)c(N[C@H]3[C@H]4CC[C@H](C4)[C@H]3C(N)=O)n2)cn1. The maximum absolute atomic E-state index is 13.5. The number of rotatable bonds is 5. The van der Waals surface area contributed by atoms with Gasteiger partial charge in [-0.25, -0.2) is 4.98 Å². The molecule has 2 aliphatic rings. The van der Waals surface area contributed by atoms with Crippen molar-refractivity contribution in [1.29, 1.82) is 0 Å². The van der Waals surface area contributed by atoms with E-state index >= 15 is 0 Å². The minimum atomic E-state index is -4.63. The lowest BCUT2D eigenvalue weighted by Gasteiger charge is -2.30. The van der Waals surface area contributed by atoms with E-state index < -0.39 is 29.6 Å². The number of aromatic nitrogens is 4. The van der Waals surface area contributed by atoms with Gasteiger partial charge in [0.1, 0.15) is 11.4 Å². The molecule has 0 aliphatic heterocycles. The number of carbonyl (C=O) groups excluding carboxylic acids is 1. The molecule has 11 heteroatoms. The molecule has 2 aromatic heterocycles. The summed E-state index contributed by atoms with van der Waals surface area (Å²) in [6, 6.07) is -0.460. The molecule has 150 valence electrons. The fourth-order valence-electron chi connectivity index (χ4n) is 4.44. The van der Waals surface area contributed by atoms with Gasteiger partial charge in [-0.1, -0.05) is 0 Å². The number of primary amides is 1. The van der Waals surface area contributed by atoms with Gasteiger partial charge in [-0.2, -0.15) is 23.3 Å². The normalized spacial score (nSPS) is 26.4. The molecule has 8 nitrogen and oxygen atoms in total. The third kappa shape index (κ3) is 3.36. The number of halogens is 3. The van der Waals surface area contributed by atoms with Crippen LogP contribution in [-0.4, -0.2) is 31.7 Å². The highest BCUT2D eigenvalue weighted by molar-refractivity contribution is 5.79. The molecule has 4 N–H and O–H groups in total. The van der Waals surface area contributed by atoms with Crippen LogP contribution in [0.5, 0.6) is 0 Å². The number of carbonyl (C=O) groups is 1. The lowest BCUT2D eigenvalue weighted by molar-refractivity contribution is -0.137. The van der Waals surface area contributed by atoms with Crippen LogP contribution in [0.25, 0.3) is 0 Å². The van der Waals surface area contributed by atoms with Gasteiger partial charge in [-0.05, 0) is 31.1 Å². The average Bonchev–Trinajstić information content (AvgIpc) is 3.30. The second kappa shape index (κ2) is 6.64. The standard InChI is InChI=1S/C17H20F3N7O/c1-27-7-10(5-23-27)24-16-22-6-11(17(18,19)20)15(26-16)25-13-9-3-2-8(4-9)12(13)14(21)28/h5-9,12-13H,2-4H2,1H3,(H2,21,28)(H2,22,24,25,26)/t8-,9+,12-,13+/m1/s1. The number of aryl methyl sites for hydroxylation is 1. The summed E-state index contributed by atoms with van der Waals surface area (Å²) in [5, 5.41) is 9.69. The Morgan fingerprint density at radius 2 is 2.04 bits per heavy atom. The molecule has 2 aromatic rings. The molecule has 2 fully saturated rings. The van der Waals surface area contributed by atoms with Gasteiger partial charge in [-0.15, -0.1) is 0 Å². The van der Waals surface area contributed by atoms with E-state index in [0.29, 0.717) is 5.69 Å². The van der Waals surface area contributed by atoms with Crippen LogP contribution in [0.2, 0.25) is 0 Å². The highest BCUT2D eigenvalue weighted by atomic mass is 19.4. The number of nitrogens with one attached hydrogen (secondary N) is 2. The number of nitrogens with two attached hydrogens (primary N) is 1. The van der Waals surface area contributed by atoms with E-state index in [-0.39, 0.29) is 23.6 Å². The number of alkyl halides is 3. The third-order valence-corrected chi connectivity index (χ3v) is 5.60. The number of nitrogens with zero attached hydrogens (tertiary/aromatic N) is 4. The van der Waals surface area contributed by atoms with Crippen molar-refractivity contribution in [3.63, 3.8) is 0 Å². The van der Waals surface area contributed by atoms with Crippen LogP contribution in [0.1, 0.15) is 24.8 Å². The molecule has 4 atom stereocenters. The van der Waals surface area contributed by atoms with Crippen LogP contribution < -0.4 is 16.4 Å². The molecule has 2 bridgehead atoms. The van der Waals surface area contributed by atoms with Crippen LogP contribution in [0, 0.1) is 17.8 Å². The third-order valence-electron chi connectivity index (χ3n) is 5.60. The van der Waals surface area contributed by atoms with Gasteiger partial charge in [0, 0.05) is 25.5 Å². The first-order valence-electron chi connectivity index (χ1n) is 8.98. The van der Waals surface area contributed by atoms with Gasteiger partial charge in [-0.3, -0.25) is 9.48 Å². The van der Waals surface area contributed by atoms with E-state index in [9.17, 15) is 18.0 Å². The van der Waals surface area contributed by atoms with Gasteiger partial charge in [0.2, 0.25) is 11.9 Å². The van der Waals surface area contributed by atoms with Gasteiger partial charge in [0.15, 0.2) is 0 Å². The van der Waals surface area contributed by atoms with Gasteiger partial charge >= 0.3 is 6.18 Å². The highest BCUT2D eigenvalue weighted by Gasteiger charge is 2.51. The number of amides is 1.